The lowest BCUT2D eigenvalue weighted by molar-refractivity contribution is -0.165. The van der Waals surface area contributed by atoms with Gasteiger partial charge in [-0.25, -0.2) is 9.59 Å². The number of benzene rings is 4. The van der Waals surface area contributed by atoms with Crippen molar-refractivity contribution >= 4 is 23.4 Å². The Hall–Kier alpha value is -4.84. The second kappa shape index (κ2) is 14.1. The van der Waals surface area contributed by atoms with E-state index in [1.165, 1.54) is 0 Å². The van der Waals surface area contributed by atoms with Crippen LogP contribution >= 0.6 is 0 Å². The largest absolute Gasteiger partial charge is 0.458 e. The van der Waals surface area contributed by atoms with Gasteiger partial charge in [-0.3, -0.25) is 9.98 Å². The van der Waals surface area contributed by atoms with Crippen molar-refractivity contribution in [3.8, 4) is 0 Å². The summed E-state index contributed by atoms with van der Waals surface area (Å²) in [5, 5.41) is 0. The Labute approximate surface area is 260 Å². The van der Waals surface area contributed by atoms with Crippen LogP contribution in [0.3, 0.4) is 0 Å². The summed E-state index contributed by atoms with van der Waals surface area (Å²) in [4.78, 5) is 38.3. The molecular formula is C38H40N2O4. The molecule has 0 saturated heterocycles. The monoisotopic (exact) mass is 588 g/mol. The minimum atomic E-state index is -1.36. The molecule has 0 aliphatic heterocycles. The minimum Gasteiger partial charge on any atom is -0.458 e. The van der Waals surface area contributed by atoms with Gasteiger partial charge in [0.25, 0.3) is 0 Å². The Morgan fingerprint density at radius 1 is 0.455 bits per heavy atom. The van der Waals surface area contributed by atoms with Crippen LogP contribution in [0, 0.1) is 0 Å². The van der Waals surface area contributed by atoms with Gasteiger partial charge in [-0.15, -0.1) is 0 Å². The average Bonchev–Trinajstić information content (AvgIpc) is 2.99. The zero-order valence-corrected chi connectivity index (χ0v) is 26.2. The summed E-state index contributed by atoms with van der Waals surface area (Å²) in [5.41, 5.74) is 2.52. The number of esters is 2. The first kappa shape index (κ1) is 32.1. The SMILES string of the molecule is CC(C)(C)OC(=O)[C@@H](N=C(c1ccccc1)c1ccccc1)[C@H](N=C(c1ccccc1)c1ccccc1)C(=O)OC(C)(C)C. The second-order valence-electron chi connectivity index (χ2n) is 12.4. The van der Waals surface area contributed by atoms with Crippen LogP contribution in [0.2, 0.25) is 0 Å². The van der Waals surface area contributed by atoms with Crippen LogP contribution < -0.4 is 0 Å². The highest BCUT2D eigenvalue weighted by Gasteiger charge is 2.40. The van der Waals surface area contributed by atoms with Crippen molar-refractivity contribution in [2.24, 2.45) is 9.98 Å². The van der Waals surface area contributed by atoms with E-state index in [0.29, 0.717) is 11.4 Å². The highest BCUT2D eigenvalue weighted by atomic mass is 16.6. The van der Waals surface area contributed by atoms with E-state index in [1.54, 1.807) is 41.5 Å². The van der Waals surface area contributed by atoms with Crippen molar-refractivity contribution in [3.05, 3.63) is 144 Å². The quantitative estimate of drug-likeness (QED) is 0.150. The Morgan fingerprint density at radius 3 is 0.886 bits per heavy atom. The van der Waals surface area contributed by atoms with E-state index in [4.69, 9.17) is 19.5 Å². The number of hydrogen-bond acceptors (Lipinski definition) is 6. The first-order valence-electron chi connectivity index (χ1n) is 14.7. The number of aliphatic imine (C=N–C) groups is 2. The predicted molar refractivity (Wildman–Crippen MR) is 176 cm³/mol. The smallest absolute Gasteiger partial charge is 0.334 e. The lowest BCUT2D eigenvalue weighted by Gasteiger charge is -2.28. The Bertz CT molecular complexity index is 1380. The molecule has 0 fully saturated rings. The summed E-state index contributed by atoms with van der Waals surface area (Å²) in [5.74, 6) is -1.36. The minimum absolute atomic E-state index is 0.534. The van der Waals surface area contributed by atoms with Crippen molar-refractivity contribution in [3.63, 3.8) is 0 Å². The molecule has 0 spiro atoms. The van der Waals surface area contributed by atoms with Crippen LogP contribution in [-0.4, -0.2) is 46.6 Å². The third kappa shape index (κ3) is 9.08. The van der Waals surface area contributed by atoms with Gasteiger partial charge in [-0.2, -0.15) is 0 Å². The summed E-state index contributed by atoms with van der Waals surface area (Å²) >= 11 is 0. The van der Waals surface area contributed by atoms with Crippen molar-refractivity contribution in [1.82, 2.24) is 0 Å². The van der Waals surface area contributed by atoms with E-state index in [-0.39, 0.29) is 0 Å². The maximum atomic E-state index is 14.1. The first-order valence-corrected chi connectivity index (χ1v) is 14.7. The highest BCUT2D eigenvalue weighted by molar-refractivity contribution is 6.15. The molecule has 6 heteroatoms. The maximum absolute atomic E-state index is 14.1. The Kier molecular flexibility index (Phi) is 10.3. The van der Waals surface area contributed by atoms with Gasteiger partial charge in [-0.1, -0.05) is 121 Å². The van der Waals surface area contributed by atoms with Gasteiger partial charge in [0.2, 0.25) is 0 Å². The molecule has 0 radical (unpaired) electrons. The van der Waals surface area contributed by atoms with Gasteiger partial charge in [-0.05, 0) is 41.5 Å². The topological polar surface area (TPSA) is 77.3 Å². The van der Waals surface area contributed by atoms with Crippen LogP contribution in [0.1, 0.15) is 63.8 Å². The van der Waals surface area contributed by atoms with Crippen molar-refractivity contribution in [2.45, 2.75) is 64.8 Å². The zero-order chi connectivity index (χ0) is 31.7. The van der Waals surface area contributed by atoms with Crippen molar-refractivity contribution in [2.75, 3.05) is 0 Å². The van der Waals surface area contributed by atoms with E-state index in [0.717, 1.165) is 22.3 Å². The number of ether oxygens (including phenoxy) is 2. The number of hydrogen-bond donors (Lipinski definition) is 0. The lowest BCUT2D eigenvalue weighted by Crippen LogP contribution is -2.45. The third-order valence-electron chi connectivity index (χ3n) is 6.32. The van der Waals surface area contributed by atoms with E-state index in [1.807, 2.05) is 121 Å². The fourth-order valence-corrected chi connectivity index (χ4v) is 4.52. The normalized spacial score (nSPS) is 12.8. The first-order chi connectivity index (χ1) is 20.9. The number of nitrogens with zero attached hydrogens (tertiary/aromatic N) is 2. The average molecular weight is 589 g/mol. The molecular weight excluding hydrogens is 548 g/mol. The molecule has 226 valence electrons. The fraction of sp³-hybridized carbons (Fsp3) is 0.263. The molecule has 2 atom stereocenters. The lowest BCUT2D eigenvalue weighted by atomic mass is 9.99. The van der Waals surface area contributed by atoms with Gasteiger partial charge < -0.3 is 9.47 Å². The molecule has 0 heterocycles. The highest BCUT2D eigenvalue weighted by Crippen LogP contribution is 2.23. The van der Waals surface area contributed by atoms with Crippen LogP contribution in [-0.2, 0) is 19.1 Å². The van der Waals surface area contributed by atoms with Gasteiger partial charge in [0, 0.05) is 22.3 Å². The standard InChI is InChI=1S/C38H40N2O4/c1-37(2,3)43-35(41)33(39-31(27-19-11-7-12-20-27)28-21-13-8-14-22-28)34(36(42)44-38(4,5)6)40-32(29-23-15-9-16-24-29)30-25-17-10-18-26-30/h7-26,33-34H,1-6H3/t33-,34-/m0/s1. The molecule has 0 bridgehead atoms. The molecule has 0 amide bonds. The fourth-order valence-electron chi connectivity index (χ4n) is 4.52. The van der Waals surface area contributed by atoms with Crippen molar-refractivity contribution < 1.29 is 19.1 Å². The molecule has 0 N–H and O–H groups in total. The number of carbonyl (C=O) groups is 2. The molecule has 0 unspecified atom stereocenters. The summed E-state index contributed by atoms with van der Waals surface area (Å²) in [6, 6.07) is 35.5. The maximum Gasteiger partial charge on any atom is 0.334 e. The third-order valence-corrected chi connectivity index (χ3v) is 6.32. The van der Waals surface area contributed by atoms with E-state index in [2.05, 4.69) is 0 Å². The molecule has 4 rings (SSSR count). The Morgan fingerprint density at radius 2 is 0.682 bits per heavy atom. The van der Waals surface area contributed by atoms with Crippen LogP contribution in [0.5, 0.6) is 0 Å². The predicted octanol–water partition coefficient (Wildman–Crippen LogP) is 7.48. The summed E-state index contributed by atoms with van der Waals surface area (Å²) < 4.78 is 11.8. The molecule has 0 aromatic heterocycles. The van der Waals surface area contributed by atoms with Gasteiger partial charge in [0.05, 0.1) is 11.4 Å². The number of rotatable bonds is 9. The molecule has 6 nitrogen and oxygen atoms in total. The zero-order valence-electron chi connectivity index (χ0n) is 26.2. The van der Waals surface area contributed by atoms with Gasteiger partial charge >= 0.3 is 11.9 Å². The molecule has 4 aromatic carbocycles. The molecule has 0 saturated carbocycles. The van der Waals surface area contributed by atoms with E-state index >= 15 is 0 Å². The van der Waals surface area contributed by atoms with E-state index in [9.17, 15) is 9.59 Å². The summed E-state index contributed by atoms with van der Waals surface area (Å²) in [6.45, 7) is 10.7. The molecule has 0 aliphatic rings. The molecule has 44 heavy (non-hydrogen) atoms. The summed E-state index contributed by atoms with van der Waals surface area (Å²) in [7, 11) is 0. The number of carbonyl (C=O) groups excluding carboxylic acids is 2. The Balaban J connectivity index is 2.02. The van der Waals surface area contributed by atoms with Gasteiger partial charge in [0.1, 0.15) is 11.2 Å². The summed E-state index contributed by atoms with van der Waals surface area (Å²) in [6.07, 6.45) is 0. The van der Waals surface area contributed by atoms with Crippen molar-refractivity contribution in [1.29, 1.82) is 0 Å². The molecule has 0 aliphatic carbocycles. The van der Waals surface area contributed by atoms with Crippen LogP contribution in [0.4, 0.5) is 0 Å². The van der Waals surface area contributed by atoms with Gasteiger partial charge in [0.15, 0.2) is 12.1 Å². The second-order valence-corrected chi connectivity index (χ2v) is 12.4. The van der Waals surface area contributed by atoms with Crippen LogP contribution in [0.25, 0.3) is 0 Å². The van der Waals surface area contributed by atoms with E-state index < -0.39 is 35.2 Å². The molecule has 4 aromatic rings. The van der Waals surface area contributed by atoms with Crippen LogP contribution in [0.15, 0.2) is 131 Å².